The van der Waals surface area contributed by atoms with E-state index >= 15 is 0 Å². The number of anilines is 1. The van der Waals surface area contributed by atoms with E-state index in [1.165, 1.54) is 16.4 Å². The summed E-state index contributed by atoms with van der Waals surface area (Å²) in [6.45, 7) is 0. The van der Waals surface area contributed by atoms with Crippen molar-refractivity contribution in [2.45, 2.75) is 23.9 Å². The van der Waals surface area contributed by atoms with Crippen LogP contribution in [0.1, 0.15) is 30.1 Å². The number of nitrogens with two attached hydrogens (primary N) is 1. The first kappa shape index (κ1) is 15.6. The van der Waals surface area contributed by atoms with E-state index in [0.717, 1.165) is 18.7 Å². The van der Waals surface area contributed by atoms with Gasteiger partial charge in [0.15, 0.2) is 5.82 Å². The number of amides is 1. The smallest absolute Gasteiger partial charge is 0.234 e. The number of aromatic nitrogens is 3. The van der Waals surface area contributed by atoms with Crippen molar-refractivity contribution in [3.05, 3.63) is 34.6 Å². The quantitative estimate of drug-likeness (QED) is 0.632. The van der Waals surface area contributed by atoms with Crippen LogP contribution in [0.2, 0.25) is 5.02 Å². The highest BCUT2D eigenvalue weighted by atomic mass is 35.5. The first-order chi connectivity index (χ1) is 11.1. The number of rotatable bonds is 5. The highest BCUT2D eigenvalue weighted by Gasteiger charge is 2.30. The molecule has 1 aliphatic rings. The van der Waals surface area contributed by atoms with Crippen LogP contribution in [0, 0.1) is 11.3 Å². The van der Waals surface area contributed by atoms with Crippen LogP contribution in [0.15, 0.2) is 23.4 Å². The minimum atomic E-state index is -0.216. The Morgan fingerprint density at radius 1 is 1.52 bits per heavy atom. The maximum absolute atomic E-state index is 12.0. The van der Waals surface area contributed by atoms with E-state index in [0.29, 0.717) is 27.3 Å². The number of nitrogens with zero attached hydrogens (tertiary/aromatic N) is 4. The predicted molar refractivity (Wildman–Crippen MR) is 87.7 cm³/mol. The average molecular weight is 349 g/mol. The van der Waals surface area contributed by atoms with Gasteiger partial charge in [0, 0.05) is 11.6 Å². The lowest BCUT2D eigenvalue weighted by atomic mass is 10.2. The lowest BCUT2D eigenvalue weighted by Gasteiger charge is -2.06. The fourth-order valence-electron chi connectivity index (χ4n) is 2.02. The first-order valence-corrected chi connectivity index (χ1v) is 8.27. The second-order valence-corrected chi connectivity index (χ2v) is 6.48. The summed E-state index contributed by atoms with van der Waals surface area (Å²) in [5.41, 5.74) is 0.898. The summed E-state index contributed by atoms with van der Waals surface area (Å²) in [5, 5.41) is 20.4. The summed E-state index contributed by atoms with van der Waals surface area (Å²) in [4.78, 5) is 12.0. The van der Waals surface area contributed by atoms with Crippen LogP contribution in [-0.4, -0.2) is 26.5 Å². The Kier molecular flexibility index (Phi) is 4.41. The molecule has 0 bridgehead atoms. The molecular formula is C14H13ClN6OS. The van der Waals surface area contributed by atoms with E-state index in [2.05, 4.69) is 15.5 Å². The first-order valence-electron chi connectivity index (χ1n) is 6.91. The molecule has 0 saturated heterocycles. The van der Waals surface area contributed by atoms with Crippen molar-refractivity contribution in [2.24, 2.45) is 0 Å². The number of nitriles is 1. The fraction of sp³-hybridized carbons (Fsp3) is 0.286. The minimum absolute atomic E-state index is 0.150. The number of nitrogens with one attached hydrogen (secondary N) is 1. The van der Waals surface area contributed by atoms with E-state index in [1.54, 1.807) is 18.2 Å². The Bertz CT molecular complexity index is 795. The molecule has 0 unspecified atom stereocenters. The predicted octanol–water partition coefficient (Wildman–Crippen LogP) is 2.13. The summed E-state index contributed by atoms with van der Waals surface area (Å²) in [7, 11) is 0. The van der Waals surface area contributed by atoms with Crippen LogP contribution in [0.5, 0.6) is 0 Å². The second-order valence-electron chi connectivity index (χ2n) is 5.13. The number of thioether (sulfide) groups is 1. The number of hydrogen-bond donors (Lipinski definition) is 2. The number of hydrogen-bond acceptors (Lipinski definition) is 6. The molecule has 1 aromatic carbocycles. The number of carbonyl (C=O) groups is 1. The molecule has 0 atom stereocenters. The van der Waals surface area contributed by atoms with Crippen molar-refractivity contribution in [3.63, 3.8) is 0 Å². The van der Waals surface area contributed by atoms with Gasteiger partial charge in [-0.25, -0.2) is 4.68 Å². The molecule has 23 heavy (non-hydrogen) atoms. The van der Waals surface area contributed by atoms with Gasteiger partial charge in [-0.05, 0) is 31.0 Å². The number of carbonyl (C=O) groups excluding carboxylic acids is 1. The van der Waals surface area contributed by atoms with Crippen LogP contribution in [-0.2, 0) is 4.79 Å². The normalized spacial score (nSPS) is 13.6. The fourth-order valence-corrected chi connectivity index (χ4v) is 2.90. The summed E-state index contributed by atoms with van der Waals surface area (Å²) in [5.74, 6) is 7.03. The molecule has 118 valence electrons. The van der Waals surface area contributed by atoms with E-state index in [9.17, 15) is 4.79 Å². The molecule has 0 radical (unpaired) electrons. The number of nitrogen functional groups attached to an aromatic ring is 1. The van der Waals surface area contributed by atoms with Gasteiger partial charge in [-0.3, -0.25) is 4.79 Å². The Balaban J connectivity index is 1.57. The largest absolute Gasteiger partial charge is 0.336 e. The molecule has 1 amide bonds. The van der Waals surface area contributed by atoms with Gasteiger partial charge in [-0.2, -0.15) is 5.26 Å². The molecule has 0 spiro atoms. The van der Waals surface area contributed by atoms with Crippen LogP contribution in [0.25, 0.3) is 0 Å². The summed E-state index contributed by atoms with van der Waals surface area (Å²) in [6, 6.07) is 6.69. The van der Waals surface area contributed by atoms with Gasteiger partial charge in [0.2, 0.25) is 11.1 Å². The van der Waals surface area contributed by atoms with Gasteiger partial charge in [0.25, 0.3) is 0 Å². The van der Waals surface area contributed by atoms with Gasteiger partial charge in [0.1, 0.15) is 6.07 Å². The standard InChI is InChI=1S/C14H13ClN6OS/c15-11-5-10(4-3-9(11)6-16)18-12(22)7-23-14-20-19-13(21(14)17)8-1-2-8/h3-5,8H,1-2,7,17H2,(H,18,22). The third-order valence-corrected chi connectivity index (χ3v) is 4.59. The van der Waals surface area contributed by atoms with Gasteiger partial charge in [0.05, 0.1) is 16.3 Å². The van der Waals surface area contributed by atoms with Crippen molar-refractivity contribution in [3.8, 4) is 6.07 Å². The summed E-state index contributed by atoms with van der Waals surface area (Å²) < 4.78 is 1.45. The van der Waals surface area contributed by atoms with E-state index in [-0.39, 0.29) is 11.7 Å². The SMILES string of the molecule is N#Cc1ccc(NC(=O)CSc2nnc(C3CC3)n2N)cc1Cl. The zero-order valence-electron chi connectivity index (χ0n) is 12.0. The summed E-state index contributed by atoms with van der Waals surface area (Å²) >= 11 is 7.15. The zero-order valence-corrected chi connectivity index (χ0v) is 13.6. The minimum Gasteiger partial charge on any atom is -0.336 e. The van der Waals surface area contributed by atoms with E-state index < -0.39 is 0 Å². The zero-order chi connectivity index (χ0) is 16.4. The average Bonchev–Trinajstić information content (AvgIpc) is 3.29. The molecule has 1 fully saturated rings. The van der Waals surface area contributed by atoms with Crippen molar-refractivity contribution in [2.75, 3.05) is 16.9 Å². The molecule has 2 aromatic rings. The maximum Gasteiger partial charge on any atom is 0.234 e. The van der Waals surface area contributed by atoms with Crippen molar-refractivity contribution < 1.29 is 4.79 Å². The molecular weight excluding hydrogens is 336 g/mol. The van der Waals surface area contributed by atoms with Crippen molar-refractivity contribution >= 4 is 35.0 Å². The second kappa shape index (κ2) is 6.48. The Hall–Kier alpha value is -2.24. The lowest BCUT2D eigenvalue weighted by Crippen LogP contribution is -2.17. The van der Waals surface area contributed by atoms with Gasteiger partial charge >= 0.3 is 0 Å². The van der Waals surface area contributed by atoms with E-state index in [4.69, 9.17) is 22.7 Å². The lowest BCUT2D eigenvalue weighted by molar-refractivity contribution is -0.113. The monoisotopic (exact) mass is 348 g/mol. The highest BCUT2D eigenvalue weighted by Crippen LogP contribution is 2.39. The van der Waals surface area contributed by atoms with Gasteiger partial charge in [-0.15, -0.1) is 10.2 Å². The maximum atomic E-state index is 12.0. The molecule has 0 aliphatic heterocycles. The highest BCUT2D eigenvalue weighted by molar-refractivity contribution is 7.99. The Morgan fingerprint density at radius 3 is 2.96 bits per heavy atom. The van der Waals surface area contributed by atoms with Crippen LogP contribution < -0.4 is 11.2 Å². The van der Waals surface area contributed by atoms with E-state index in [1.807, 2.05) is 6.07 Å². The molecule has 3 rings (SSSR count). The van der Waals surface area contributed by atoms with Crippen molar-refractivity contribution in [1.29, 1.82) is 5.26 Å². The van der Waals surface area contributed by atoms with Crippen molar-refractivity contribution in [1.82, 2.24) is 14.9 Å². The molecule has 9 heteroatoms. The number of benzene rings is 1. The van der Waals surface area contributed by atoms with Crippen LogP contribution in [0.3, 0.4) is 0 Å². The third-order valence-electron chi connectivity index (χ3n) is 3.34. The summed E-state index contributed by atoms with van der Waals surface area (Å²) in [6.07, 6.45) is 2.17. The Morgan fingerprint density at radius 2 is 2.30 bits per heavy atom. The van der Waals surface area contributed by atoms with Gasteiger partial charge in [-0.1, -0.05) is 23.4 Å². The van der Waals surface area contributed by atoms with Crippen LogP contribution >= 0.6 is 23.4 Å². The van der Waals surface area contributed by atoms with Crippen LogP contribution in [0.4, 0.5) is 5.69 Å². The van der Waals surface area contributed by atoms with Gasteiger partial charge < -0.3 is 11.2 Å². The third kappa shape index (κ3) is 3.57. The molecule has 3 N–H and O–H groups in total. The number of halogens is 1. The molecule has 7 nitrogen and oxygen atoms in total. The Labute approximate surface area is 141 Å². The topological polar surface area (TPSA) is 110 Å². The molecule has 1 aromatic heterocycles. The molecule has 1 aliphatic carbocycles. The molecule has 1 saturated carbocycles. The molecule has 1 heterocycles.